The van der Waals surface area contributed by atoms with Crippen molar-refractivity contribution in [1.29, 1.82) is 0 Å². The van der Waals surface area contributed by atoms with E-state index in [4.69, 9.17) is 4.74 Å². The molecule has 1 heterocycles. The molecule has 0 bridgehead atoms. The smallest absolute Gasteiger partial charge is 0.328 e. The first kappa shape index (κ1) is 25.3. The number of piperazine rings is 1. The lowest BCUT2D eigenvalue weighted by molar-refractivity contribution is -0.387. The van der Waals surface area contributed by atoms with Crippen LogP contribution in [0.1, 0.15) is 19.4 Å². The van der Waals surface area contributed by atoms with Crippen LogP contribution in [0.15, 0.2) is 59.5 Å². The Bertz CT molecular complexity index is 1170. The van der Waals surface area contributed by atoms with Crippen LogP contribution < -0.4 is 0 Å². The number of amides is 1. The summed E-state index contributed by atoms with van der Waals surface area (Å²) in [5.74, 6) is -1.60. The highest BCUT2D eigenvalue weighted by Gasteiger charge is 2.47. The number of ether oxygens (including phenoxy) is 1. The Morgan fingerprint density at radius 3 is 2.32 bits per heavy atom. The molecular weight excluding hydrogens is 462 g/mol. The predicted octanol–water partition coefficient (Wildman–Crippen LogP) is 2.24. The van der Waals surface area contributed by atoms with Crippen molar-refractivity contribution < 1.29 is 27.7 Å². The SMILES string of the molecule is COC(=O)[C@H](Cc1ccccc1)N1CCN(S(=O)(=O)c2ccccc2[N+](=O)[O-])[C@@H](C(C)C)C1=O. The number of nitro benzene ring substituents is 1. The first-order valence-electron chi connectivity index (χ1n) is 10.8. The Morgan fingerprint density at radius 2 is 1.74 bits per heavy atom. The molecule has 0 spiro atoms. The topological polar surface area (TPSA) is 127 Å². The highest BCUT2D eigenvalue weighted by Crippen LogP contribution is 2.32. The number of methoxy groups -OCH3 is 1. The zero-order chi connectivity index (χ0) is 25.0. The maximum Gasteiger partial charge on any atom is 0.328 e. The molecule has 3 rings (SSSR count). The van der Waals surface area contributed by atoms with E-state index in [2.05, 4.69) is 0 Å². The second-order valence-electron chi connectivity index (χ2n) is 8.29. The third-order valence-electron chi connectivity index (χ3n) is 5.81. The number of hydrogen-bond acceptors (Lipinski definition) is 7. The Hall–Kier alpha value is -3.31. The first-order chi connectivity index (χ1) is 16.1. The molecule has 2 atom stereocenters. The summed E-state index contributed by atoms with van der Waals surface area (Å²) in [6, 6.07) is 12.1. The molecule has 10 nitrogen and oxygen atoms in total. The lowest BCUT2D eigenvalue weighted by Crippen LogP contribution is -2.64. The average molecular weight is 490 g/mol. The summed E-state index contributed by atoms with van der Waals surface area (Å²) < 4.78 is 32.9. The van der Waals surface area contributed by atoms with Gasteiger partial charge in [0.1, 0.15) is 12.1 Å². The summed E-state index contributed by atoms with van der Waals surface area (Å²) in [6.07, 6.45) is 0.209. The molecule has 0 unspecified atom stereocenters. The van der Waals surface area contributed by atoms with Gasteiger partial charge < -0.3 is 9.64 Å². The van der Waals surface area contributed by atoms with Crippen molar-refractivity contribution in [1.82, 2.24) is 9.21 Å². The number of nitrogens with zero attached hydrogens (tertiary/aromatic N) is 3. The van der Waals surface area contributed by atoms with E-state index in [0.717, 1.165) is 22.0 Å². The van der Waals surface area contributed by atoms with Crippen molar-refractivity contribution in [3.05, 3.63) is 70.3 Å². The van der Waals surface area contributed by atoms with E-state index < -0.39 is 55.4 Å². The quantitative estimate of drug-likeness (QED) is 0.316. The molecule has 0 aliphatic carbocycles. The van der Waals surface area contributed by atoms with Crippen molar-refractivity contribution in [3.8, 4) is 0 Å². The minimum atomic E-state index is -4.37. The Kier molecular flexibility index (Phi) is 7.68. The van der Waals surface area contributed by atoms with Crippen LogP contribution in [0, 0.1) is 16.0 Å². The van der Waals surface area contributed by atoms with Crippen LogP contribution in [-0.4, -0.2) is 66.7 Å². The molecule has 1 aliphatic rings. The summed E-state index contributed by atoms with van der Waals surface area (Å²) in [5, 5.41) is 11.4. The third-order valence-corrected chi connectivity index (χ3v) is 7.74. The second kappa shape index (κ2) is 10.3. The van der Waals surface area contributed by atoms with Gasteiger partial charge in [0, 0.05) is 25.6 Å². The highest BCUT2D eigenvalue weighted by atomic mass is 32.2. The molecule has 1 aliphatic heterocycles. The summed E-state index contributed by atoms with van der Waals surface area (Å²) >= 11 is 0. The van der Waals surface area contributed by atoms with Crippen molar-refractivity contribution in [2.45, 2.75) is 37.2 Å². The largest absolute Gasteiger partial charge is 0.467 e. The Balaban J connectivity index is 1.99. The second-order valence-corrected chi connectivity index (χ2v) is 10.1. The molecule has 0 radical (unpaired) electrons. The minimum absolute atomic E-state index is 0.0610. The van der Waals surface area contributed by atoms with Crippen molar-refractivity contribution >= 4 is 27.6 Å². The monoisotopic (exact) mass is 489 g/mol. The number of hydrogen-bond donors (Lipinski definition) is 0. The molecule has 1 fully saturated rings. The standard InChI is InChI=1S/C23H27N3O7S/c1-16(2)21-22(27)24(19(23(28)33-3)15-17-9-5-4-6-10-17)13-14-25(21)34(31,32)20-12-8-7-11-18(20)26(29)30/h4-12,16,19,21H,13-15H2,1-3H3/t19-,21-/m0/s1. The number of sulfonamides is 1. The number of esters is 1. The van der Waals surface area contributed by atoms with Gasteiger partial charge in [-0.1, -0.05) is 56.3 Å². The van der Waals surface area contributed by atoms with Gasteiger partial charge in [0.05, 0.1) is 12.0 Å². The zero-order valence-electron chi connectivity index (χ0n) is 19.2. The summed E-state index contributed by atoms with van der Waals surface area (Å²) in [7, 11) is -3.13. The number of carbonyl (C=O) groups is 2. The van der Waals surface area contributed by atoms with Gasteiger partial charge >= 0.3 is 5.97 Å². The number of rotatable bonds is 8. The van der Waals surface area contributed by atoms with Gasteiger partial charge in [0.25, 0.3) is 15.7 Å². The summed E-state index contributed by atoms with van der Waals surface area (Å²) in [5.41, 5.74) is 0.262. The zero-order valence-corrected chi connectivity index (χ0v) is 20.0. The molecule has 0 saturated carbocycles. The van der Waals surface area contributed by atoms with Gasteiger partial charge in [-0.15, -0.1) is 0 Å². The summed E-state index contributed by atoms with van der Waals surface area (Å²) in [4.78, 5) is 37.8. The van der Waals surface area contributed by atoms with Crippen molar-refractivity contribution in [2.75, 3.05) is 20.2 Å². The number of nitro groups is 1. The molecule has 2 aromatic carbocycles. The summed E-state index contributed by atoms with van der Waals surface area (Å²) in [6.45, 7) is 3.20. The lowest BCUT2D eigenvalue weighted by atomic mass is 9.97. The van der Waals surface area contributed by atoms with Crippen molar-refractivity contribution in [2.24, 2.45) is 5.92 Å². The van der Waals surface area contributed by atoms with E-state index in [1.165, 1.54) is 24.1 Å². The molecule has 0 N–H and O–H groups in total. The maximum atomic E-state index is 13.6. The first-order valence-corrected chi connectivity index (χ1v) is 12.2. The molecule has 182 valence electrons. The molecule has 11 heteroatoms. The Labute approximate surface area is 198 Å². The fraction of sp³-hybridized carbons (Fsp3) is 0.391. The predicted molar refractivity (Wildman–Crippen MR) is 123 cm³/mol. The lowest BCUT2D eigenvalue weighted by Gasteiger charge is -2.43. The van der Waals surface area contributed by atoms with Crippen molar-refractivity contribution in [3.63, 3.8) is 0 Å². The van der Waals surface area contributed by atoms with E-state index in [1.807, 2.05) is 30.3 Å². The normalized spacial score (nSPS) is 18.1. The fourth-order valence-corrected chi connectivity index (χ4v) is 6.06. The molecule has 34 heavy (non-hydrogen) atoms. The average Bonchev–Trinajstić information content (AvgIpc) is 2.82. The van der Waals surface area contributed by atoms with Crippen LogP contribution in [0.3, 0.4) is 0 Å². The van der Waals surface area contributed by atoms with Gasteiger partial charge in [-0.2, -0.15) is 4.31 Å². The third kappa shape index (κ3) is 4.95. The van der Waals surface area contributed by atoms with Crippen LogP contribution in [0.4, 0.5) is 5.69 Å². The van der Waals surface area contributed by atoms with Crippen LogP contribution in [0.2, 0.25) is 0 Å². The van der Waals surface area contributed by atoms with Crippen LogP contribution in [0.25, 0.3) is 0 Å². The van der Waals surface area contributed by atoms with E-state index in [1.54, 1.807) is 13.8 Å². The van der Waals surface area contributed by atoms with Crippen LogP contribution in [-0.2, 0) is 30.8 Å². The molecule has 2 aromatic rings. The van der Waals surface area contributed by atoms with E-state index in [9.17, 15) is 28.1 Å². The van der Waals surface area contributed by atoms with Gasteiger partial charge in [-0.25, -0.2) is 13.2 Å². The van der Waals surface area contributed by atoms with E-state index >= 15 is 0 Å². The minimum Gasteiger partial charge on any atom is -0.467 e. The van der Waals surface area contributed by atoms with Gasteiger partial charge in [-0.05, 0) is 17.5 Å². The molecular formula is C23H27N3O7S. The number of para-hydroxylation sites is 1. The molecule has 1 saturated heterocycles. The van der Waals surface area contributed by atoms with Gasteiger partial charge in [-0.3, -0.25) is 14.9 Å². The number of carbonyl (C=O) groups excluding carboxylic acids is 2. The molecule has 1 amide bonds. The Morgan fingerprint density at radius 1 is 1.12 bits per heavy atom. The van der Waals surface area contributed by atoms with E-state index in [-0.39, 0.29) is 19.5 Å². The van der Waals surface area contributed by atoms with Crippen LogP contribution in [0.5, 0.6) is 0 Å². The maximum absolute atomic E-state index is 13.6. The highest BCUT2D eigenvalue weighted by molar-refractivity contribution is 7.89. The molecule has 0 aromatic heterocycles. The number of benzene rings is 2. The van der Waals surface area contributed by atoms with Gasteiger partial charge in [0.2, 0.25) is 5.91 Å². The van der Waals surface area contributed by atoms with E-state index in [0.29, 0.717) is 0 Å². The fourth-order valence-electron chi connectivity index (χ4n) is 4.19. The van der Waals surface area contributed by atoms with Crippen LogP contribution >= 0.6 is 0 Å². The van der Waals surface area contributed by atoms with Gasteiger partial charge in [0.15, 0.2) is 4.90 Å².